The van der Waals surface area contributed by atoms with Gasteiger partial charge in [-0.25, -0.2) is 13.4 Å². The van der Waals surface area contributed by atoms with E-state index in [1.54, 1.807) is 13.1 Å². The van der Waals surface area contributed by atoms with Crippen molar-refractivity contribution in [1.82, 2.24) is 10.3 Å². The molecule has 1 aromatic carbocycles. The van der Waals surface area contributed by atoms with Gasteiger partial charge in [0.2, 0.25) is 0 Å². The van der Waals surface area contributed by atoms with Crippen LogP contribution in [0.2, 0.25) is 0 Å². The molecule has 0 spiro atoms. The molecular formula is C19H23N3O4S. The lowest BCUT2D eigenvalue weighted by atomic mass is 10.2. The van der Waals surface area contributed by atoms with Crippen LogP contribution in [0, 0.1) is 6.92 Å². The molecule has 7 nitrogen and oxygen atoms in total. The first kappa shape index (κ1) is 18.1. The third-order valence-electron chi connectivity index (χ3n) is 4.79. The molecule has 144 valence electrons. The zero-order chi connectivity index (χ0) is 19.0. The first-order valence-electron chi connectivity index (χ1n) is 9.00. The Morgan fingerprint density at radius 1 is 1.33 bits per heavy atom. The Labute approximate surface area is 159 Å². The van der Waals surface area contributed by atoms with Crippen LogP contribution in [-0.4, -0.2) is 52.0 Å². The molecule has 1 aromatic heterocycles. The van der Waals surface area contributed by atoms with Crippen LogP contribution in [0.5, 0.6) is 11.5 Å². The van der Waals surface area contributed by atoms with E-state index in [1.165, 1.54) is 6.26 Å². The number of hydrogen-bond acceptors (Lipinski definition) is 7. The van der Waals surface area contributed by atoms with Crippen LogP contribution in [0.15, 0.2) is 35.5 Å². The normalized spacial score (nSPS) is 19.5. The van der Waals surface area contributed by atoms with Crippen LogP contribution in [0.3, 0.4) is 0 Å². The Kier molecular flexibility index (Phi) is 4.69. The number of benzene rings is 1. The molecule has 2 aromatic rings. The van der Waals surface area contributed by atoms with Gasteiger partial charge in [-0.15, -0.1) is 0 Å². The number of aromatic nitrogens is 1. The van der Waals surface area contributed by atoms with Crippen molar-refractivity contribution >= 4 is 21.2 Å². The number of ether oxygens (including phenoxy) is 2. The van der Waals surface area contributed by atoms with Crippen LogP contribution in [0.1, 0.15) is 12.0 Å². The summed E-state index contributed by atoms with van der Waals surface area (Å²) in [5.41, 5.74) is 2.37. The van der Waals surface area contributed by atoms with E-state index in [2.05, 4.69) is 15.2 Å². The van der Waals surface area contributed by atoms with Gasteiger partial charge in [0.15, 0.2) is 14.9 Å². The Balaban J connectivity index is 1.66. The highest BCUT2D eigenvalue weighted by molar-refractivity contribution is 7.90. The van der Waals surface area contributed by atoms with Crippen molar-refractivity contribution in [3.05, 3.63) is 36.0 Å². The Morgan fingerprint density at radius 3 is 2.89 bits per heavy atom. The minimum atomic E-state index is -3.34. The van der Waals surface area contributed by atoms with Gasteiger partial charge in [-0.2, -0.15) is 0 Å². The van der Waals surface area contributed by atoms with Crippen LogP contribution >= 0.6 is 0 Å². The highest BCUT2D eigenvalue weighted by Gasteiger charge is 2.23. The number of nitrogens with zero attached hydrogens (tertiary/aromatic N) is 2. The lowest BCUT2D eigenvalue weighted by molar-refractivity contribution is 0.222. The topological polar surface area (TPSA) is 80.8 Å². The molecule has 2 aliphatic rings. The second-order valence-electron chi connectivity index (χ2n) is 6.95. The zero-order valence-electron chi connectivity index (χ0n) is 15.4. The number of aryl methyl sites for hydroxylation is 1. The van der Waals surface area contributed by atoms with Crippen LogP contribution in [0.4, 0.5) is 11.4 Å². The van der Waals surface area contributed by atoms with Crippen molar-refractivity contribution in [1.29, 1.82) is 0 Å². The second kappa shape index (κ2) is 7.01. The Hall–Kier alpha value is -2.32. The summed E-state index contributed by atoms with van der Waals surface area (Å²) in [6.45, 7) is 4.80. The molecule has 1 saturated heterocycles. The molecule has 0 bridgehead atoms. The molecule has 2 aliphatic heterocycles. The summed E-state index contributed by atoms with van der Waals surface area (Å²) in [6, 6.07) is 7.68. The van der Waals surface area contributed by atoms with Crippen molar-refractivity contribution in [2.75, 3.05) is 37.4 Å². The van der Waals surface area contributed by atoms with E-state index in [0.717, 1.165) is 42.4 Å². The monoisotopic (exact) mass is 389 g/mol. The van der Waals surface area contributed by atoms with Crippen LogP contribution in [-0.2, 0) is 9.84 Å². The average Bonchev–Trinajstić information content (AvgIpc) is 3.13. The number of rotatable bonds is 4. The lowest BCUT2D eigenvalue weighted by Gasteiger charge is -2.32. The number of sulfone groups is 1. The smallest absolute Gasteiger partial charge is 0.193 e. The first-order chi connectivity index (χ1) is 12.9. The van der Waals surface area contributed by atoms with Gasteiger partial charge in [-0.05, 0) is 43.7 Å². The SMILES string of the molecule is Cc1cc(N2CCOc3ccc(OC4CCNC4)cc32)cnc1S(C)(=O)=O. The fourth-order valence-electron chi connectivity index (χ4n) is 3.54. The van der Waals surface area contributed by atoms with E-state index in [9.17, 15) is 8.42 Å². The van der Waals surface area contributed by atoms with Crippen molar-refractivity contribution in [2.45, 2.75) is 24.5 Å². The summed E-state index contributed by atoms with van der Waals surface area (Å²) in [5, 5.41) is 3.41. The summed E-state index contributed by atoms with van der Waals surface area (Å²) in [4.78, 5) is 6.28. The van der Waals surface area contributed by atoms with Gasteiger partial charge < -0.3 is 19.7 Å². The van der Waals surface area contributed by atoms with Gasteiger partial charge >= 0.3 is 0 Å². The maximum Gasteiger partial charge on any atom is 0.193 e. The molecule has 1 atom stereocenters. The molecule has 0 aliphatic carbocycles. The summed E-state index contributed by atoms with van der Waals surface area (Å²) >= 11 is 0. The maximum absolute atomic E-state index is 11.8. The van der Waals surface area contributed by atoms with Gasteiger partial charge in [-0.3, -0.25) is 0 Å². The number of anilines is 2. The van der Waals surface area contributed by atoms with Crippen molar-refractivity contribution < 1.29 is 17.9 Å². The highest BCUT2D eigenvalue weighted by Crippen LogP contribution is 2.39. The number of hydrogen-bond donors (Lipinski definition) is 1. The molecule has 27 heavy (non-hydrogen) atoms. The predicted molar refractivity (Wildman–Crippen MR) is 103 cm³/mol. The largest absolute Gasteiger partial charge is 0.490 e. The average molecular weight is 389 g/mol. The van der Waals surface area contributed by atoms with Crippen LogP contribution < -0.4 is 19.7 Å². The standard InChI is InChI=1S/C19H23N3O4S/c1-13-9-14(11-21-19(13)27(2,23)24)22-7-8-25-18-4-3-15(10-17(18)22)26-16-5-6-20-12-16/h3-4,9-11,16,20H,5-8,12H2,1-2H3. The fraction of sp³-hybridized carbons (Fsp3) is 0.421. The third-order valence-corrected chi connectivity index (χ3v) is 5.92. The quantitative estimate of drug-likeness (QED) is 0.857. The van der Waals surface area contributed by atoms with Gasteiger partial charge in [0, 0.05) is 18.9 Å². The summed E-state index contributed by atoms with van der Waals surface area (Å²) in [5.74, 6) is 1.58. The molecule has 4 rings (SSSR count). The van der Waals surface area contributed by atoms with Gasteiger partial charge in [0.05, 0.1) is 24.1 Å². The van der Waals surface area contributed by atoms with Crippen molar-refractivity contribution in [3.63, 3.8) is 0 Å². The highest BCUT2D eigenvalue weighted by atomic mass is 32.2. The molecule has 0 amide bonds. The second-order valence-corrected chi connectivity index (χ2v) is 8.88. The molecule has 8 heteroatoms. The molecular weight excluding hydrogens is 366 g/mol. The van der Waals surface area contributed by atoms with Gasteiger partial charge in [-0.1, -0.05) is 0 Å². The molecule has 1 unspecified atom stereocenters. The minimum absolute atomic E-state index is 0.116. The molecule has 1 N–H and O–H groups in total. The molecule has 1 fully saturated rings. The summed E-state index contributed by atoms with van der Waals surface area (Å²) < 4.78 is 35.5. The first-order valence-corrected chi connectivity index (χ1v) is 10.9. The Morgan fingerprint density at radius 2 is 2.19 bits per heavy atom. The fourth-order valence-corrected chi connectivity index (χ4v) is 4.43. The van der Waals surface area contributed by atoms with E-state index in [4.69, 9.17) is 9.47 Å². The number of nitrogens with one attached hydrogen (secondary N) is 1. The van der Waals surface area contributed by atoms with E-state index in [-0.39, 0.29) is 11.1 Å². The maximum atomic E-state index is 11.8. The molecule has 0 radical (unpaired) electrons. The Bertz CT molecular complexity index is 955. The van der Waals surface area contributed by atoms with E-state index < -0.39 is 9.84 Å². The van der Waals surface area contributed by atoms with Crippen molar-refractivity contribution in [3.8, 4) is 11.5 Å². The van der Waals surface area contributed by atoms with Crippen molar-refractivity contribution in [2.24, 2.45) is 0 Å². The lowest BCUT2D eigenvalue weighted by Crippen LogP contribution is -2.29. The molecule has 3 heterocycles. The van der Waals surface area contributed by atoms with Gasteiger partial charge in [0.25, 0.3) is 0 Å². The summed E-state index contributed by atoms with van der Waals surface area (Å²) in [7, 11) is -3.34. The van der Waals surface area contributed by atoms with E-state index in [0.29, 0.717) is 18.7 Å². The van der Waals surface area contributed by atoms with Crippen LogP contribution in [0.25, 0.3) is 0 Å². The van der Waals surface area contributed by atoms with E-state index in [1.807, 2.05) is 24.3 Å². The van der Waals surface area contributed by atoms with Gasteiger partial charge in [0.1, 0.15) is 24.2 Å². The third kappa shape index (κ3) is 3.72. The molecule has 0 saturated carbocycles. The van der Waals surface area contributed by atoms with E-state index >= 15 is 0 Å². The predicted octanol–water partition coefficient (Wildman–Crippen LogP) is 2.06. The number of fused-ring (bicyclic) bond motifs is 1. The minimum Gasteiger partial charge on any atom is -0.490 e. The summed E-state index contributed by atoms with van der Waals surface area (Å²) in [6.07, 6.45) is 3.95. The number of pyridine rings is 1. The zero-order valence-corrected chi connectivity index (χ0v) is 16.3.